The molecule has 0 bridgehead atoms. The van der Waals surface area contributed by atoms with Crippen molar-refractivity contribution in [3.8, 4) is 0 Å². The third-order valence-corrected chi connectivity index (χ3v) is 8.33. The van der Waals surface area contributed by atoms with Crippen LogP contribution in [0.4, 0.5) is 0 Å². The van der Waals surface area contributed by atoms with Gasteiger partial charge in [-0.2, -0.15) is 4.31 Å². The largest absolute Gasteiger partial charge is 0.348 e. The van der Waals surface area contributed by atoms with Crippen LogP contribution in [-0.2, 0) is 14.8 Å². The van der Waals surface area contributed by atoms with Crippen LogP contribution >= 0.6 is 0 Å². The molecule has 6 heteroatoms. The zero-order valence-electron chi connectivity index (χ0n) is 19.0. The van der Waals surface area contributed by atoms with Crippen molar-refractivity contribution in [2.24, 2.45) is 0 Å². The second kappa shape index (κ2) is 9.96. The van der Waals surface area contributed by atoms with Crippen LogP contribution in [-0.4, -0.2) is 31.2 Å². The second-order valence-corrected chi connectivity index (χ2v) is 10.6. The molecule has 1 aliphatic rings. The summed E-state index contributed by atoms with van der Waals surface area (Å²) in [5, 5.41) is 2.98. The minimum atomic E-state index is -3.80. The second-order valence-electron chi connectivity index (χ2n) is 8.77. The Morgan fingerprint density at radius 1 is 1.03 bits per heavy atom. The Kier molecular flexibility index (Phi) is 7.55. The maximum Gasteiger partial charge on any atom is 0.244 e. The summed E-state index contributed by atoms with van der Waals surface area (Å²) < 4.78 is 29.1. The lowest BCUT2D eigenvalue weighted by Gasteiger charge is -2.34. The van der Waals surface area contributed by atoms with Crippen molar-refractivity contribution in [1.82, 2.24) is 9.62 Å². The van der Waals surface area contributed by atoms with Crippen LogP contribution in [0, 0.1) is 20.8 Å². The number of sulfonamides is 1. The highest BCUT2D eigenvalue weighted by atomic mass is 32.2. The SMILES string of the molecule is Cc1cc(C)c(S(=O)(=O)N(CC(=O)N[C@@H](C)c2ccccc2)C2CCCCC2)c(C)c1. The lowest BCUT2D eigenvalue weighted by atomic mass is 9.95. The monoisotopic (exact) mass is 442 g/mol. The summed E-state index contributed by atoms with van der Waals surface area (Å²) in [5.41, 5.74) is 3.49. The van der Waals surface area contributed by atoms with Crippen molar-refractivity contribution in [1.29, 1.82) is 0 Å². The topological polar surface area (TPSA) is 66.5 Å². The lowest BCUT2D eigenvalue weighted by Crippen LogP contribution is -2.47. The first kappa shape index (κ1) is 23.5. The van der Waals surface area contributed by atoms with Gasteiger partial charge >= 0.3 is 0 Å². The van der Waals surface area contributed by atoms with E-state index in [0.717, 1.165) is 54.4 Å². The number of benzene rings is 2. The van der Waals surface area contributed by atoms with Gasteiger partial charge in [0.1, 0.15) is 0 Å². The van der Waals surface area contributed by atoms with Crippen LogP contribution in [0.5, 0.6) is 0 Å². The van der Waals surface area contributed by atoms with Crippen molar-refractivity contribution in [2.45, 2.75) is 76.8 Å². The van der Waals surface area contributed by atoms with E-state index >= 15 is 0 Å². The Morgan fingerprint density at radius 3 is 2.19 bits per heavy atom. The molecule has 1 saturated carbocycles. The zero-order chi connectivity index (χ0) is 22.6. The molecule has 0 aliphatic heterocycles. The summed E-state index contributed by atoms with van der Waals surface area (Å²) in [6, 6.07) is 13.2. The molecule has 1 amide bonds. The van der Waals surface area contributed by atoms with Gasteiger partial charge in [-0.25, -0.2) is 8.42 Å². The molecule has 0 heterocycles. The molecule has 168 valence electrons. The van der Waals surface area contributed by atoms with E-state index in [4.69, 9.17) is 0 Å². The zero-order valence-corrected chi connectivity index (χ0v) is 19.8. The molecule has 31 heavy (non-hydrogen) atoms. The molecule has 5 nitrogen and oxygen atoms in total. The molecule has 1 atom stereocenters. The van der Waals surface area contributed by atoms with Crippen LogP contribution in [0.2, 0.25) is 0 Å². The molecule has 0 spiro atoms. The fraction of sp³-hybridized carbons (Fsp3) is 0.480. The van der Waals surface area contributed by atoms with Crippen LogP contribution in [0.1, 0.15) is 67.3 Å². The van der Waals surface area contributed by atoms with Gasteiger partial charge < -0.3 is 5.32 Å². The summed E-state index contributed by atoms with van der Waals surface area (Å²) in [6.07, 6.45) is 4.69. The Labute approximate surface area is 186 Å². The van der Waals surface area contributed by atoms with Crippen LogP contribution in [0.25, 0.3) is 0 Å². The molecule has 0 radical (unpaired) electrons. The number of nitrogens with zero attached hydrogens (tertiary/aromatic N) is 1. The fourth-order valence-corrected chi connectivity index (χ4v) is 6.78. The van der Waals surface area contributed by atoms with Gasteiger partial charge in [-0.05, 0) is 57.2 Å². The highest BCUT2D eigenvalue weighted by molar-refractivity contribution is 7.89. The quantitative estimate of drug-likeness (QED) is 0.669. The van der Waals surface area contributed by atoms with Crippen LogP contribution < -0.4 is 5.32 Å². The number of nitrogens with one attached hydrogen (secondary N) is 1. The molecular weight excluding hydrogens is 408 g/mol. The molecule has 0 aromatic heterocycles. The predicted octanol–water partition coefficient (Wildman–Crippen LogP) is 4.81. The number of amides is 1. The molecule has 2 aromatic carbocycles. The molecular formula is C25H34N2O3S. The third kappa shape index (κ3) is 5.55. The highest BCUT2D eigenvalue weighted by Crippen LogP contribution is 2.31. The van der Waals surface area contributed by atoms with Gasteiger partial charge in [-0.1, -0.05) is 67.3 Å². The molecule has 3 rings (SSSR count). The van der Waals surface area contributed by atoms with Crippen LogP contribution in [0.15, 0.2) is 47.4 Å². The van der Waals surface area contributed by atoms with Gasteiger partial charge in [0.2, 0.25) is 15.9 Å². The minimum Gasteiger partial charge on any atom is -0.348 e. The van der Waals surface area contributed by atoms with Gasteiger partial charge in [0, 0.05) is 6.04 Å². The Balaban J connectivity index is 1.89. The standard InChI is InChI=1S/C25H34N2O3S/c1-18-15-19(2)25(20(3)16-18)31(29,30)27(23-13-9-6-10-14-23)17-24(28)26-21(4)22-11-7-5-8-12-22/h5,7-8,11-12,15-16,21,23H,6,9-10,13-14,17H2,1-4H3,(H,26,28)/t21-/m0/s1. The van der Waals surface area contributed by atoms with Gasteiger partial charge in [0.05, 0.1) is 17.5 Å². The summed E-state index contributed by atoms with van der Waals surface area (Å²) in [4.78, 5) is 13.3. The Bertz CT molecular complexity index is 989. The number of hydrogen-bond acceptors (Lipinski definition) is 3. The number of aryl methyl sites for hydroxylation is 3. The molecule has 1 fully saturated rings. The number of hydrogen-bond donors (Lipinski definition) is 1. The van der Waals surface area contributed by atoms with E-state index in [-0.39, 0.29) is 24.5 Å². The van der Waals surface area contributed by atoms with E-state index in [1.54, 1.807) is 0 Å². The Morgan fingerprint density at radius 2 is 1.61 bits per heavy atom. The molecule has 1 aliphatic carbocycles. The van der Waals surface area contributed by atoms with Gasteiger partial charge in [0.15, 0.2) is 0 Å². The summed E-state index contributed by atoms with van der Waals surface area (Å²) >= 11 is 0. The van der Waals surface area contributed by atoms with E-state index in [1.165, 1.54) is 4.31 Å². The van der Waals surface area contributed by atoms with E-state index in [0.29, 0.717) is 4.90 Å². The lowest BCUT2D eigenvalue weighted by molar-refractivity contribution is -0.122. The third-order valence-electron chi connectivity index (χ3n) is 6.13. The number of carbonyl (C=O) groups is 1. The number of carbonyl (C=O) groups excluding carboxylic acids is 1. The molecule has 1 N–H and O–H groups in total. The smallest absolute Gasteiger partial charge is 0.244 e. The predicted molar refractivity (Wildman–Crippen MR) is 124 cm³/mol. The summed E-state index contributed by atoms with van der Waals surface area (Å²) in [5.74, 6) is -0.270. The van der Waals surface area contributed by atoms with E-state index in [9.17, 15) is 13.2 Å². The molecule has 0 saturated heterocycles. The van der Waals surface area contributed by atoms with Crippen LogP contribution in [0.3, 0.4) is 0 Å². The van der Waals surface area contributed by atoms with Crippen molar-refractivity contribution < 1.29 is 13.2 Å². The highest BCUT2D eigenvalue weighted by Gasteiger charge is 2.35. The average Bonchev–Trinajstić information content (AvgIpc) is 2.72. The van der Waals surface area contributed by atoms with Gasteiger partial charge in [0.25, 0.3) is 0 Å². The minimum absolute atomic E-state index is 0.142. The van der Waals surface area contributed by atoms with Gasteiger partial charge in [-0.15, -0.1) is 0 Å². The van der Waals surface area contributed by atoms with E-state index < -0.39 is 10.0 Å². The van der Waals surface area contributed by atoms with Crippen molar-refractivity contribution in [2.75, 3.05) is 6.54 Å². The normalized spacial score (nSPS) is 16.3. The first-order valence-electron chi connectivity index (χ1n) is 11.1. The molecule has 0 unspecified atom stereocenters. The van der Waals surface area contributed by atoms with E-state index in [1.807, 2.05) is 70.2 Å². The fourth-order valence-electron chi connectivity index (χ4n) is 4.72. The first-order chi connectivity index (χ1) is 14.7. The Hall–Kier alpha value is -2.18. The molecule has 2 aromatic rings. The van der Waals surface area contributed by atoms with Crippen molar-refractivity contribution in [3.63, 3.8) is 0 Å². The van der Waals surface area contributed by atoms with Crippen molar-refractivity contribution in [3.05, 3.63) is 64.7 Å². The maximum absolute atomic E-state index is 13.8. The number of rotatable bonds is 7. The van der Waals surface area contributed by atoms with Gasteiger partial charge in [-0.3, -0.25) is 4.79 Å². The van der Waals surface area contributed by atoms with Crippen molar-refractivity contribution >= 4 is 15.9 Å². The summed E-state index contributed by atoms with van der Waals surface area (Å²) in [6.45, 7) is 7.40. The summed E-state index contributed by atoms with van der Waals surface area (Å²) in [7, 11) is -3.80. The maximum atomic E-state index is 13.8. The first-order valence-corrected chi connectivity index (χ1v) is 12.6. The average molecular weight is 443 g/mol. The van der Waals surface area contributed by atoms with E-state index in [2.05, 4.69) is 5.32 Å².